The fourth-order valence-corrected chi connectivity index (χ4v) is 2.69. The minimum absolute atomic E-state index is 0.103. The van der Waals surface area contributed by atoms with Crippen LogP contribution in [0.5, 0.6) is 0 Å². The van der Waals surface area contributed by atoms with Crippen molar-refractivity contribution in [1.82, 2.24) is 14.9 Å². The van der Waals surface area contributed by atoms with E-state index >= 15 is 0 Å². The Hall–Kier alpha value is -2.14. The molecule has 1 aliphatic heterocycles. The molecule has 0 atom stereocenters. The Morgan fingerprint density at radius 3 is 2.67 bits per heavy atom. The molecule has 110 valence electrons. The molecule has 0 saturated carbocycles. The van der Waals surface area contributed by atoms with Gasteiger partial charge in [0.25, 0.3) is 0 Å². The average Bonchev–Trinajstić information content (AvgIpc) is 2.94. The molecule has 5 heteroatoms. The molecular formula is C16H20N4O. The van der Waals surface area contributed by atoms with E-state index in [4.69, 9.17) is 0 Å². The monoisotopic (exact) mass is 284 g/mol. The van der Waals surface area contributed by atoms with Crippen LogP contribution in [-0.2, 0) is 6.42 Å². The summed E-state index contributed by atoms with van der Waals surface area (Å²) < 4.78 is 0. The molecule has 1 aromatic heterocycles. The third-order valence-corrected chi connectivity index (χ3v) is 3.94. The zero-order valence-electron chi connectivity index (χ0n) is 12.0. The van der Waals surface area contributed by atoms with Crippen LogP contribution in [0, 0.1) is 0 Å². The summed E-state index contributed by atoms with van der Waals surface area (Å²) in [6, 6.07) is 9.18. The number of hydrogen-bond donors (Lipinski definition) is 1. The lowest BCUT2D eigenvalue weighted by Crippen LogP contribution is -2.48. The number of rotatable bonds is 4. The number of hydrogen-bond acceptors (Lipinski definition) is 4. The molecule has 2 aromatic rings. The maximum absolute atomic E-state index is 12.0. The van der Waals surface area contributed by atoms with Crippen LogP contribution in [0.2, 0.25) is 0 Å². The SMILES string of the molecule is O=c1cccccc1N1CCN(CCc2cnc[nH]2)CC1. The largest absolute Gasteiger partial charge is 0.366 e. The fraction of sp³-hybridized carbons (Fsp3) is 0.375. The second kappa shape index (κ2) is 6.54. The molecule has 0 aliphatic carbocycles. The predicted octanol–water partition coefficient (Wildman–Crippen LogP) is 1.13. The first kappa shape index (κ1) is 13.8. The molecule has 1 fully saturated rings. The lowest BCUT2D eigenvalue weighted by molar-refractivity contribution is 0.260. The molecule has 0 bridgehead atoms. The Labute approximate surface area is 124 Å². The lowest BCUT2D eigenvalue weighted by Gasteiger charge is -2.35. The highest BCUT2D eigenvalue weighted by Crippen LogP contribution is 2.11. The standard InChI is InChI=1S/C16H20N4O/c21-16-5-3-1-2-4-15(16)20-10-8-19(9-11-20)7-6-14-12-17-13-18-14/h1-5,12-13H,6-11H2,(H,17,18). The summed E-state index contributed by atoms with van der Waals surface area (Å²) in [4.78, 5) is 23.8. The van der Waals surface area contributed by atoms with Crippen LogP contribution in [0.25, 0.3) is 0 Å². The number of imidazole rings is 1. The van der Waals surface area contributed by atoms with E-state index in [1.807, 2.05) is 24.4 Å². The summed E-state index contributed by atoms with van der Waals surface area (Å²) >= 11 is 0. The number of H-pyrrole nitrogens is 1. The molecule has 0 radical (unpaired) electrons. The maximum atomic E-state index is 12.0. The van der Waals surface area contributed by atoms with E-state index in [9.17, 15) is 4.79 Å². The minimum atomic E-state index is 0.103. The van der Waals surface area contributed by atoms with E-state index in [0.717, 1.165) is 44.8 Å². The number of piperazine rings is 1. The highest BCUT2D eigenvalue weighted by atomic mass is 16.1. The molecule has 3 rings (SSSR count). The van der Waals surface area contributed by atoms with Gasteiger partial charge in [-0.05, 0) is 12.1 Å². The molecule has 21 heavy (non-hydrogen) atoms. The van der Waals surface area contributed by atoms with Gasteiger partial charge in [-0.15, -0.1) is 0 Å². The predicted molar refractivity (Wildman–Crippen MR) is 83.7 cm³/mol. The Morgan fingerprint density at radius 1 is 1.10 bits per heavy atom. The van der Waals surface area contributed by atoms with Gasteiger partial charge < -0.3 is 9.88 Å². The number of aromatic amines is 1. The van der Waals surface area contributed by atoms with E-state index in [0.29, 0.717) is 0 Å². The lowest BCUT2D eigenvalue weighted by atomic mass is 10.2. The number of anilines is 1. The molecule has 1 aromatic carbocycles. The second-order valence-electron chi connectivity index (χ2n) is 5.32. The third kappa shape index (κ3) is 3.49. The molecule has 5 nitrogen and oxygen atoms in total. The van der Waals surface area contributed by atoms with E-state index in [1.165, 1.54) is 5.69 Å². The quantitative estimate of drug-likeness (QED) is 0.914. The first-order valence-corrected chi connectivity index (χ1v) is 7.37. The maximum Gasteiger partial charge on any atom is 0.201 e. The molecule has 1 saturated heterocycles. The normalized spacial score (nSPS) is 16.1. The van der Waals surface area contributed by atoms with Crippen molar-refractivity contribution in [3.8, 4) is 0 Å². The van der Waals surface area contributed by atoms with E-state index in [1.54, 1.807) is 18.5 Å². The van der Waals surface area contributed by atoms with Gasteiger partial charge in [0.1, 0.15) is 0 Å². The van der Waals surface area contributed by atoms with Gasteiger partial charge in [-0.2, -0.15) is 0 Å². The summed E-state index contributed by atoms with van der Waals surface area (Å²) in [5.74, 6) is 0. The van der Waals surface area contributed by atoms with Crippen molar-refractivity contribution in [3.63, 3.8) is 0 Å². The summed E-state index contributed by atoms with van der Waals surface area (Å²) in [5.41, 5.74) is 2.09. The molecular weight excluding hydrogens is 264 g/mol. The van der Waals surface area contributed by atoms with Crippen LogP contribution >= 0.6 is 0 Å². The van der Waals surface area contributed by atoms with Gasteiger partial charge in [-0.3, -0.25) is 9.69 Å². The van der Waals surface area contributed by atoms with Crippen LogP contribution in [0.3, 0.4) is 0 Å². The van der Waals surface area contributed by atoms with Gasteiger partial charge in [-0.1, -0.05) is 18.2 Å². The Bertz CT molecular complexity index is 618. The van der Waals surface area contributed by atoms with Gasteiger partial charge in [0, 0.05) is 51.0 Å². The van der Waals surface area contributed by atoms with Gasteiger partial charge in [0.05, 0.1) is 12.0 Å². The van der Waals surface area contributed by atoms with Crippen LogP contribution in [0.4, 0.5) is 5.69 Å². The van der Waals surface area contributed by atoms with Gasteiger partial charge >= 0.3 is 0 Å². The van der Waals surface area contributed by atoms with Crippen molar-refractivity contribution in [2.24, 2.45) is 0 Å². The average molecular weight is 284 g/mol. The van der Waals surface area contributed by atoms with Crippen molar-refractivity contribution in [3.05, 3.63) is 58.8 Å². The first-order valence-electron chi connectivity index (χ1n) is 7.37. The van der Waals surface area contributed by atoms with E-state index in [-0.39, 0.29) is 5.43 Å². The molecule has 0 unspecified atom stereocenters. The number of nitrogens with one attached hydrogen (secondary N) is 1. The molecule has 1 aliphatic rings. The minimum Gasteiger partial charge on any atom is -0.366 e. The van der Waals surface area contributed by atoms with Crippen LogP contribution in [0.15, 0.2) is 47.7 Å². The summed E-state index contributed by atoms with van der Waals surface area (Å²) in [5, 5.41) is 0. The van der Waals surface area contributed by atoms with Crippen molar-refractivity contribution < 1.29 is 0 Å². The van der Waals surface area contributed by atoms with Crippen molar-refractivity contribution in [2.45, 2.75) is 6.42 Å². The molecule has 1 N–H and O–H groups in total. The van der Waals surface area contributed by atoms with E-state index in [2.05, 4.69) is 19.8 Å². The number of nitrogens with zero attached hydrogens (tertiary/aromatic N) is 3. The van der Waals surface area contributed by atoms with Crippen LogP contribution in [0.1, 0.15) is 5.69 Å². The van der Waals surface area contributed by atoms with Crippen LogP contribution < -0.4 is 10.3 Å². The fourth-order valence-electron chi connectivity index (χ4n) is 2.69. The van der Waals surface area contributed by atoms with E-state index < -0.39 is 0 Å². The Morgan fingerprint density at radius 2 is 1.90 bits per heavy atom. The Balaban J connectivity index is 1.55. The smallest absolute Gasteiger partial charge is 0.201 e. The highest BCUT2D eigenvalue weighted by molar-refractivity contribution is 5.45. The van der Waals surface area contributed by atoms with Gasteiger partial charge in [-0.25, -0.2) is 4.98 Å². The highest BCUT2D eigenvalue weighted by Gasteiger charge is 2.18. The summed E-state index contributed by atoms with van der Waals surface area (Å²) in [6.07, 6.45) is 4.59. The van der Waals surface area contributed by atoms with Crippen molar-refractivity contribution >= 4 is 5.69 Å². The third-order valence-electron chi connectivity index (χ3n) is 3.94. The zero-order chi connectivity index (χ0) is 14.5. The van der Waals surface area contributed by atoms with Crippen molar-refractivity contribution in [2.75, 3.05) is 37.6 Å². The molecule has 0 spiro atoms. The number of aromatic nitrogens is 2. The van der Waals surface area contributed by atoms with Crippen LogP contribution in [-0.4, -0.2) is 47.6 Å². The van der Waals surface area contributed by atoms with Crippen molar-refractivity contribution in [1.29, 1.82) is 0 Å². The topological polar surface area (TPSA) is 52.2 Å². The first-order chi connectivity index (χ1) is 10.3. The van der Waals surface area contributed by atoms with Gasteiger partial charge in [0.2, 0.25) is 5.43 Å². The second-order valence-corrected chi connectivity index (χ2v) is 5.32. The zero-order valence-corrected chi connectivity index (χ0v) is 12.0. The Kier molecular flexibility index (Phi) is 4.31. The van der Waals surface area contributed by atoms with Gasteiger partial charge in [0.15, 0.2) is 0 Å². The molecule has 2 heterocycles. The molecule has 0 amide bonds. The summed E-state index contributed by atoms with van der Waals surface area (Å²) in [6.45, 7) is 4.83. The summed E-state index contributed by atoms with van der Waals surface area (Å²) in [7, 11) is 0.